The summed E-state index contributed by atoms with van der Waals surface area (Å²) in [6.07, 6.45) is 1.48. The standard InChI is InChI=1S/C24H24ClN3O4/c1-2-24(12-11-20(29)27-23(24)32)16-3-7-18(8-4-16)26-22(31)15-13-21(30)28(14-15)19-9-5-17(25)6-10-19/h3-10,15H,2,11-14H2,1H3,(H,26,31)(H,27,29,32). The SMILES string of the molecule is CCC1(c2ccc(NC(=O)C3CC(=O)N(c4ccc(Cl)cc4)C3)cc2)CCC(=O)NC1=O. The smallest absolute Gasteiger partial charge is 0.237 e. The molecule has 32 heavy (non-hydrogen) atoms. The summed E-state index contributed by atoms with van der Waals surface area (Å²) in [5.41, 5.74) is 1.38. The highest BCUT2D eigenvalue weighted by atomic mass is 35.5. The molecule has 2 aromatic rings. The first-order valence-corrected chi connectivity index (χ1v) is 11.0. The van der Waals surface area contributed by atoms with Gasteiger partial charge in [0, 0.05) is 35.8 Å². The zero-order chi connectivity index (χ0) is 22.9. The normalized spacial score (nSPS) is 23.2. The van der Waals surface area contributed by atoms with Crippen LogP contribution in [0.1, 0.15) is 38.2 Å². The number of nitrogens with one attached hydrogen (secondary N) is 2. The van der Waals surface area contributed by atoms with E-state index in [0.29, 0.717) is 42.2 Å². The average molecular weight is 454 g/mol. The first kappa shape index (κ1) is 22.0. The van der Waals surface area contributed by atoms with Gasteiger partial charge in [-0.3, -0.25) is 24.5 Å². The highest BCUT2D eigenvalue weighted by molar-refractivity contribution is 6.30. The average Bonchev–Trinajstić information content (AvgIpc) is 3.17. The Balaban J connectivity index is 1.43. The largest absolute Gasteiger partial charge is 0.326 e. The lowest BCUT2D eigenvalue weighted by molar-refractivity contribution is -0.138. The van der Waals surface area contributed by atoms with E-state index in [1.54, 1.807) is 41.3 Å². The third-order valence-electron chi connectivity index (χ3n) is 6.41. The van der Waals surface area contributed by atoms with Gasteiger partial charge < -0.3 is 10.2 Å². The summed E-state index contributed by atoms with van der Waals surface area (Å²) in [5.74, 6) is -1.32. The lowest BCUT2D eigenvalue weighted by atomic mass is 9.72. The van der Waals surface area contributed by atoms with Crippen LogP contribution in [0.2, 0.25) is 5.02 Å². The number of piperidine rings is 1. The fourth-order valence-electron chi connectivity index (χ4n) is 4.44. The van der Waals surface area contributed by atoms with Crippen LogP contribution in [-0.2, 0) is 24.6 Å². The number of hydrogen-bond acceptors (Lipinski definition) is 4. The topological polar surface area (TPSA) is 95.6 Å². The summed E-state index contributed by atoms with van der Waals surface area (Å²) in [6.45, 7) is 2.23. The first-order chi connectivity index (χ1) is 15.3. The van der Waals surface area contributed by atoms with E-state index in [1.807, 2.05) is 19.1 Å². The van der Waals surface area contributed by atoms with Crippen LogP contribution in [-0.4, -0.2) is 30.2 Å². The minimum absolute atomic E-state index is 0.106. The lowest BCUT2D eigenvalue weighted by Crippen LogP contribution is -2.51. The fourth-order valence-corrected chi connectivity index (χ4v) is 4.56. The van der Waals surface area contributed by atoms with E-state index in [-0.39, 0.29) is 30.0 Å². The number of imide groups is 1. The molecule has 0 radical (unpaired) electrons. The maximum Gasteiger partial charge on any atom is 0.237 e. The number of nitrogens with zero attached hydrogens (tertiary/aromatic N) is 1. The maximum atomic E-state index is 12.8. The van der Waals surface area contributed by atoms with Crippen molar-refractivity contribution >= 4 is 46.6 Å². The molecule has 0 saturated carbocycles. The predicted molar refractivity (Wildman–Crippen MR) is 121 cm³/mol. The third kappa shape index (κ3) is 4.12. The lowest BCUT2D eigenvalue weighted by Gasteiger charge is -2.35. The van der Waals surface area contributed by atoms with E-state index >= 15 is 0 Å². The third-order valence-corrected chi connectivity index (χ3v) is 6.66. The van der Waals surface area contributed by atoms with Gasteiger partial charge in [-0.1, -0.05) is 30.7 Å². The predicted octanol–water partition coefficient (Wildman–Crippen LogP) is 3.42. The molecule has 2 saturated heterocycles. The Morgan fingerprint density at radius 1 is 1.12 bits per heavy atom. The molecule has 2 aliphatic rings. The molecule has 2 heterocycles. The molecule has 4 rings (SSSR count). The van der Waals surface area contributed by atoms with Crippen LogP contribution in [0.25, 0.3) is 0 Å². The van der Waals surface area contributed by atoms with Crippen LogP contribution >= 0.6 is 11.6 Å². The number of rotatable bonds is 5. The summed E-state index contributed by atoms with van der Waals surface area (Å²) in [7, 11) is 0. The molecule has 0 aliphatic carbocycles. The Kier molecular flexibility index (Phi) is 6.02. The Hall–Kier alpha value is -3.19. The van der Waals surface area contributed by atoms with Gasteiger partial charge in [0.1, 0.15) is 0 Å². The molecular weight excluding hydrogens is 430 g/mol. The van der Waals surface area contributed by atoms with Gasteiger partial charge in [0.2, 0.25) is 23.6 Å². The quantitative estimate of drug-likeness (QED) is 0.678. The molecule has 2 aliphatic heterocycles. The maximum absolute atomic E-state index is 12.8. The Labute approximate surface area is 191 Å². The van der Waals surface area contributed by atoms with E-state index in [2.05, 4.69) is 10.6 Å². The minimum Gasteiger partial charge on any atom is -0.326 e. The second-order valence-corrected chi connectivity index (χ2v) is 8.70. The molecular formula is C24H24ClN3O4. The molecule has 166 valence electrons. The summed E-state index contributed by atoms with van der Waals surface area (Å²) < 4.78 is 0. The van der Waals surface area contributed by atoms with Crippen molar-refractivity contribution in [2.45, 2.75) is 38.0 Å². The zero-order valence-electron chi connectivity index (χ0n) is 17.7. The molecule has 0 aromatic heterocycles. The van der Waals surface area contributed by atoms with Gasteiger partial charge in [-0.2, -0.15) is 0 Å². The number of benzene rings is 2. The number of carbonyl (C=O) groups excluding carboxylic acids is 4. The number of anilines is 2. The second kappa shape index (κ2) is 8.74. The first-order valence-electron chi connectivity index (χ1n) is 10.6. The van der Waals surface area contributed by atoms with Crippen LogP contribution in [0, 0.1) is 5.92 Å². The van der Waals surface area contributed by atoms with Gasteiger partial charge in [-0.25, -0.2) is 0 Å². The molecule has 4 amide bonds. The van der Waals surface area contributed by atoms with Gasteiger partial charge in [0.15, 0.2) is 0 Å². The number of carbonyl (C=O) groups is 4. The summed E-state index contributed by atoms with van der Waals surface area (Å²) in [6, 6.07) is 14.1. The Bertz CT molecular complexity index is 1070. The summed E-state index contributed by atoms with van der Waals surface area (Å²) >= 11 is 5.91. The van der Waals surface area contributed by atoms with Crippen molar-refractivity contribution in [2.75, 3.05) is 16.8 Å². The van der Waals surface area contributed by atoms with E-state index in [4.69, 9.17) is 11.6 Å². The van der Waals surface area contributed by atoms with Gasteiger partial charge >= 0.3 is 0 Å². The molecule has 7 nitrogen and oxygen atoms in total. The molecule has 8 heteroatoms. The summed E-state index contributed by atoms with van der Waals surface area (Å²) in [4.78, 5) is 50.9. The molecule has 2 atom stereocenters. The van der Waals surface area contributed by atoms with Gasteiger partial charge in [0.05, 0.1) is 11.3 Å². The fraction of sp³-hybridized carbons (Fsp3) is 0.333. The van der Waals surface area contributed by atoms with Crippen LogP contribution < -0.4 is 15.5 Å². The number of hydrogen-bond donors (Lipinski definition) is 2. The van der Waals surface area contributed by atoms with Crippen LogP contribution in [0.15, 0.2) is 48.5 Å². The van der Waals surface area contributed by atoms with Crippen LogP contribution in [0.5, 0.6) is 0 Å². The van der Waals surface area contributed by atoms with Crippen molar-refractivity contribution in [1.82, 2.24) is 5.32 Å². The van der Waals surface area contributed by atoms with Crippen molar-refractivity contribution in [3.8, 4) is 0 Å². The van der Waals surface area contributed by atoms with Gasteiger partial charge in [0.25, 0.3) is 0 Å². The molecule has 2 unspecified atom stereocenters. The highest BCUT2D eigenvalue weighted by Gasteiger charge is 2.42. The van der Waals surface area contributed by atoms with Crippen LogP contribution in [0.4, 0.5) is 11.4 Å². The molecule has 0 bridgehead atoms. The summed E-state index contributed by atoms with van der Waals surface area (Å²) in [5, 5.41) is 5.89. The molecule has 2 N–H and O–H groups in total. The number of amides is 4. The van der Waals surface area contributed by atoms with E-state index < -0.39 is 11.3 Å². The van der Waals surface area contributed by atoms with E-state index in [1.165, 1.54) is 0 Å². The number of halogens is 1. The zero-order valence-corrected chi connectivity index (χ0v) is 18.4. The monoisotopic (exact) mass is 453 g/mol. The van der Waals surface area contributed by atoms with Crippen molar-refractivity contribution in [3.63, 3.8) is 0 Å². The Morgan fingerprint density at radius 3 is 2.44 bits per heavy atom. The van der Waals surface area contributed by atoms with Crippen molar-refractivity contribution in [1.29, 1.82) is 0 Å². The molecule has 0 spiro atoms. The van der Waals surface area contributed by atoms with E-state index in [9.17, 15) is 19.2 Å². The van der Waals surface area contributed by atoms with E-state index in [0.717, 1.165) is 5.56 Å². The minimum atomic E-state index is -0.743. The second-order valence-electron chi connectivity index (χ2n) is 8.26. The molecule has 2 fully saturated rings. The van der Waals surface area contributed by atoms with Gasteiger partial charge in [-0.05, 0) is 54.8 Å². The highest BCUT2D eigenvalue weighted by Crippen LogP contribution is 2.36. The van der Waals surface area contributed by atoms with Gasteiger partial charge in [-0.15, -0.1) is 0 Å². The van der Waals surface area contributed by atoms with Crippen molar-refractivity contribution < 1.29 is 19.2 Å². The molecule has 2 aromatic carbocycles. The van der Waals surface area contributed by atoms with Crippen LogP contribution in [0.3, 0.4) is 0 Å². The van der Waals surface area contributed by atoms with Crippen molar-refractivity contribution in [2.24, 2.45) is 5.92 Å². The Morgan fingerprint density at radius 2 is 1.81 bits per heavy atom. The van der Waals surface area contributed by atoms with Crippen molar-refractivity contribution in [3.05, 3.63) is 59.1 Å².